The first-order chi connectivity index (χ1) is 12.1. The summed E-state index contributed by atoms with van der Waals surface area (Å²) >= 11 is 0. The smallest absolute Gasteiger partial charge is 0.257 e. The minimum atomic E-state index is -0.0552. The molecule has 1 saturated heterocycles. The lowest BCUT2D eigenvalue weighted by Crippen LogP contribution is -2.41. The fraction of sp³-hybridized carbons (Fsp3) is 0.667. The molecule has 0 atom stereocenters. The molecule has 2 fully saturated rings. The van der Waals surface area contributed by atoms with Crippen molar-refractivity contribution in [2.24, 2.45) is 5.92 Å². The molecule has 25 heavy (non-hydrogen) atoms. The maximum Gasteiger partial charge on any atom is 0.257 e. The molecule has 7 heteroatoms. The standard InChI is InChI=1S/C18H26N4O3/c1-13-20-12-15(18(24)22-8-10-25-11-9-22)16(21-13)6-7-19-17(23)14-4-2-3-5-14/h12,14H,2-11H2,1H3,(H,19,23). The van der Waals surface area contributed by atoms with Crippen molar-refractivity contribution in [1.29, 1.82) is 0 Å². The normalized spacial score (nSPS) is 18.4. The molecular weight excluding hydrogens is 320 g/mol. The summed E-state index contributed by atoms with van der Waals surface area (Å²) in [4.78, 5) is 35.3. The third kappa shape index (κ3) is 4.54. The molecule has 0 spiro atoms. The van der Waals surface area contributed by atoms with E-state index in [1.807, 2.05) is 6.92 Å². The Kier molecular flexibility index (Phi) is 5.96. The Balaban J connectivity index is 1.62. The maximum absolute atomic E-state index is 12.7. The second-order valence-electron chi connectivity index (χ2n) is 6.70. The number of nitrogens with one attached hydrogen (secondary N) is 1. The van der Waals surface area contributed by atoms with Crippen LogP contribution in [0.3, 0.4) is 0 Å². The summed E-state index contributed by atoms with van der Waals surface area (Å²) in [5.74, 6) is 0.863. The zero-order chi connectivity index (χ0) is 17.6. The molecule has 1 N–H and O–H groups in total. The van der Waals surface area contributed by atoms with Crippen LogP contribution >= 0.6 is 0 Å². The topological polar surface area (TPSA) is 84.4 Å². The van der Waals surface area contributed by atoms with Crippen LogP contribution < -0.4 is 5.32 Å². The van der Waals surface area contributed by atoms with Gasteiger partial charge in [-0.1, -0.05) is 12.8 Å². The summed E-state index contributed by atoms with van der Waals surface area (Å²) in [6.45, 7) is 4.60. The third-order valence-electron chi connectivity index (χ3n) is 4.90. The zero-order valence-corrected chi connectivity index (χ0v) is 14.8. The number of aromatic nitrogens is 2. The molecule has 2 amide bonds. The largest absolute Gasteiger partial charge is 0.378 e. The first kappa shape index (κ1) is 17.8. The molecule has 2 aliphatic rings. The van der Waals surface area contributed by atoms with E-state index in [2.05, 4.69) is 15.3 Å². The van der Waals surface area contributed by atoms with Gasteiger partial charge in [-0.15, -0.1) is 0 Å². The highest BCUT2D eigenvalue weighted by Gasteiger charge is 2.24. The van der Waals surface area contributed by atoms with E-state index in [1.165, 1.54) is 0 Å². The first-order valence-corrected chi connectivity index (χ1v) is 9.12. The van der Waals surface area contributed by atoms with Gasteiger partial charge >= 0.3 is 0 Å². The van der Waals surface area contributed by atoms with E-state index in [0.29, 0.717) is 56.4 Å². The third-order valence-corrected chi connectivity index (χ3v) is 4.90. The fourth-order valence-corrected chi connectivity index (χ4v) is 3.46. The Morgan fingerprint density at radius 3 is 2.72 bits per heavy atom. The Hall–Kier alpha value is -2.02. The van der Waals surface area contributed by atoms with Crippen molar-refractivity contribution in [3.05, 3.63) is 23.3 Å². The molecule has 3 rings (SSSR count). The minimum absolute atomic E-state index is 0.0552. The number of carbonyl (C=O) groups is 2. The Morgan fingerprint density at radius 2 is 2.00 bits per heavy atom. The van der Waals surface area contributed by atoms with Crippen molar-refractivity contribution in [3.8, 4) is 0 Å². The van der Waals surface area contributed by atoms with Gasteiger partial charge < -0.3 is 15.0 Å². The SMILES string of the molecule is Cc1ncc(C(=O)N2CCOCC2)c(CCNC(=O)C2CCCC2)n1. The molecule has 7 nitrogen and oxygen atoms in total. The molecule has 0 bridgehead atoms. The Bertz CT molecular complexity index is 623. The van der Waals surface area contributed by atoms with Crippen molar-refractivity contribution in [2.45, 2.75) is 39.0 Å². The van der Waals surface area contributed by atoms with E-state index in [0.717, 1.165) is 25.7 Å². The lowest BCUT2D eigenvalue weighted by molar-refractivity contribution is -0.124. The van der Waals surface area contributed by atoms with Crippen LogP contribution in [-0.4, -0.2) is 59.5 Å². The van der Waals surface area contributed by atoms with Crippen LogP contribution in [0.4, 0.5) is 0 Å². The van der Waals surface area contributed by atoms with Crippen LogP contribution in [0.2, 0.25) is 0 Å². The summed E-state index contributed by atoms with van der Waals surface area (Å²) < 4.78 is 5.30. The number of amides is 2. The number of hydrogen-bond acceptors (Lipinski definition) is 5. The van der Waals surface area contributed by atoms with Gasteiger partial charge in [-0.3, -0.25) is 9.59 Å². The van der Waals surface area contributed by atoms with Gasteiger partial charge in [0.15, 0.2) is 0 Å². The van der Waals surface area contributed by atoms with Gasteiger partial charge in [0.1, 0.15) is 5.82 Å². The lowest BCUT2D eigenvalue weighted by atomic mass is 10.1. The highest BCUT2D eigenvalue weighted by molar-refractivity contribution is 5.95. The van der Waals surface area contributed by atoms with Crippen LogP contribution in [0, 0.1) is 12.8 Å². The van der Waals surface area contributed by atoms with E-state index in [1.54, 1.807) is 11.1 Å². The maximum atomic E-state index is 12.7. The van der Waals surface area contributed by atoms with Gasteiger partial charge in [0.25, 0.3) is 5.91 Å². The molecule has 1 saturated carbocycles. The second-order valence-corrected chi connectivity index (χ2v) is 6.70. The number of ether oxygens (including phenoxy) is 1. The molecule has 1 aliphatic heterocycles. The summed E-state index contributed by atoms with van der Waals surface area (Å²) in [7, 11) is 0. The first-order valence-electron chi connectivity index (χ1n) is 9.12. The summed E-state index contributed by atoms with van der Waals surface area (Å²) in [6.07, 6.45) is 6.39. The predicted molar refractivity (Wildman–Crippen MR) is 92.2 cm³/mol. The molecular formula is C18H26N4O3. The molecule has 1 aliphatic carbocycles. The Labute approximate surface area is 148 Å². The van der Waals surface area contributed by atoms with Crippen LogP contribution in [-0.2, 0) is 16.0 Å². The summed E-state index contributed by atoms with van der Waals surface area (Å²) in [6, 6.07) is 0. The molecule has 0 aromatic carbocycles. The monoisotopic (exact) mass is 346 g/mol. The fourth-order valence-electron chi connectivity index (χ4n) is 3.46. The molecule has 2 heterocycles. The molecule has 1 aromatic rings. The van der Waals surface area contributed by atoms with Gasteiger partial charge in [0.2, 0.25) is 5.91 Å². The van der Waals surface area contributed by atoms with Gasteiger partial charge in [-0.2, -0.15) is 0 Å². The predicted octanol–water partition coefficient (Wildman–Crippen LogP) is 1.11. The number of carbonyl (C=O) groups excluding carboxylic acids is 2. The summed E-state index contributed by atoms with van der Waals surface area (Å²) in [5.41, 5.74) is 1.23. The number of aryl methyl sites for hydroxylation is 1. The van der Waals surface area contributed by atoms with E-state index in [4.69, 9.17) is 4.74 Å². The van der Waals surface area contributed by atoms with Gasteiger partial charge in [0, 0.05) is 38.2 Å². The Morgan fingerprint density at radius 1 is 1.28 bits per heavy atom. The van der Waals surface area contributed by atoms with Crippen molar-refractivity contribution < 1.29 is 14.3 Å². The highest BCUT2D eigenvalue weighted by Crippen LogP contribution is 2.24. The van der Waals surface area contributed by atoms with Gasteiger partial charge in [-0.05, 0) is 19.8 Å². The number of nitrogens with zero attached hydrogens (tertiary/aromatic N) is 3. The highest BCUT2D eigenvalue weighted by atomic mass is 16.5. The van der Waals surface area contributed by atoms with E-state index >= 15 is 0 Å². The van der Waals surface area contributed by atoms with E-state index < -0.39 is 0 Å². The number of rotatable bonds is 5. The van der Waals surface area contributed by atoms with Gasteiger partial charge in [0.05, 0.1) is 24.5 Å². The molecule has 0 radical (unpaired) electrons. The van der Waals surface area contributed by atoms with E-state index in [9.17, 15) is 9.59 Å². The van der Waals surface area contributed by atoms with Crippen molar-refractivity contribution in [3.63, 3.8) is 0 Å². The van der Waals surface area contributed by atoms with Gasteiger partial charge in [-0.25, -0.2) is 9.97 Å². The van der Waals surface area contributed by atoms with Crippen LogP contribution in [0.1, 0.15) is 47.6 Å². The second kappa shape index (κ2) is 8.38. The lowest BCUT2D eigenvalue weighted by Gasteiger charge is -2.27. The summed E-state index contributed by atoms with van der Waals surface area (Å²) in [5, 5.41) is 2.99. The van der Waals surface area contributed by atoms with Crippen LogP contribution in [0.15, 0.2) is 6.20 Å². The van der Waals surface area contributed by atoms with E-state index in [-0.39, 0.29) is 17.7 Å². The van der Waals surface area contributed by atoms with Crippen LogP contribution in [0.5, 0.6) is 0 Å². The average molecular weight is 346 g/mol. The number of morpholine rings is 1. The zero-order valence-electron chi connectivity index (χ0n) is 14.8. The molecule has 1 aromatic heterocycles. The minimum Gasteiger partial charge on any atom is -0.378 e. The molecule has 136 valence electrons. The van der Waals surface area contributed by atoms with Crippen LogP contribution in [0.25, 0.3) is 0 Å². The quantitative estimate of drug-likeness (QED) is 0.863. The number of hydrogen-bond donors (Lipinski definition) is 1. The van der Waals surface area contributed by atoms with Crippen molar-refractivity contribution in [1.82, 2.24) is 20.2 Å². The molecule has 0 unspecified atom stereocenters. The van der Waals surface area contributed by atoms with Crippen molar-refractivity contribution >= 4 is 11.8 Å². The average Bonchev–Trinajstić information content (AvgIpc) is 3.17. The van der Waals surface area contributed by atoms with Crippen molar-refractivity contribution in [2.75, 3.05) is 32.8 Å².